The van der Waals surface area contributed by atoms with Gasteiger partial charge in [0.2, 0.25) is 8.32 Å². The fourth-order valence-electron chi connectivity index (χ4n) is 5.62. The lowest BCUT2D eigenvalue weighted by Crippen LogP contribution is -2.54. The van der Waals surface area contributed by atoms with Crippen molar-refractivity contribution in [2.75, 3.05) is 0 Å². The zero-order valence-corrected chi connectivity index (χ0v) is 22.8. The molecule has 0 N–H and O–H groups in total. The molecule has 1 unspecified atom stereocenters. The summed E-state index contributed by atoms with van der Waals surface area (Å²) in [6, 6.07) is 2.30. The van der Waals surface area contributed by atoms with E-state index >= 15 is 0 Å². The topological polar surface area (TPSA) is 85.6 Å². The quantitative estimate of drug-likeness (QED) is 0.281. The SMILES string of the molecule is CC(C)[Si](O[C@H]1CC(C#N)(O[Si](C)(C)C)C2=C(C[C@H]1C)C(=O)OC2=O)(C(C)C)C(C)C. The molecule has 8 heteroatoms. The Kier molecular flexibility index (Phi) is 7.48. The molecule has 1 aliphatic carbocycles. The molecule has 0 saturated carbocycles. The largest absolute Gasteiger partial charge is 0.413 e. The number of carbonyl (C=O) groups excluding carboxylic acids is 2. The molecule has 0 bridgehead atoms. The average molecular weight is 466 g/mol. The summed E-state index contributed by atoms with van der Waals surface area (Å²) >= 11 is 0. The average Bonchev–Trinajstić information content (AvgIpc) is 2.82. The van der Waals surface area contributed by atoms with E-state index < -0.39 is 34.2 Å². The predicted octanol–water partition coefficient (Wildman–Crippen LogP) is 5.47. The van der Waals surface area contributed by atoms with E-state index in [1.54, 1.807) is 0 Å². The highest BCUT2D eigenvalue weighted by atomic mass is 28.4. The first-order chi connectivity index (χ1) is 14.1. The zero-order valence-electron chi connectivity index (χ0n) is 20.8. The number of cyclic esters (lactones) is 2. The third-order valence-corrected chi connectivity index (χ3v) is 13.8. The summed E-state index contributed by atoms with van der Waals surface area (Å²) in [6.45, 7) is 21.3. The Labute approximate surface area is 189 Å². The van der Waals surface area contributed by atoms with Crippen LogP contribution in [0.25, 0.3) is 0 Å². The molecule has 1 aliphatic heterocycles. The van der Waals surface area contributed by atoms with Gasteiger partial charge in [0.05, 0.1) is 17.3 Å². The number of ether oxygens (including phenoxy) is 1. The molecule has 0 aromatic rings. The van der Waals surface area contributed by atoms with Gasteiger partial charge in [-0.1, -0.05) is 48.5 Å². The van der Waals surface area contributed by atoms with E-state index in [1.165, 1.54) is 0 Å². The molecule has 0 aromatic heterocycles. The van der Waals surface area contributed by atoms with Crippen molar-refractivity contribution < 1.29 is 23.2 Å². The second-order valence-corrected chi connectivity index (χ2v) is 20.9. The van der Waals surface area contributed by atoms with Crippen LogP contribution in [0, 0.1) is 17.2 Å². The van der Waals surface area contributed by atoms with E-state index in [9.17, 15) is 14.9 Å². The smallest absolute Gasteiger partial charge is 0.346 e. The maximum atomic E-state index is 12.7. The van der Waals surface area contributed by atoms with Gasteiger partial charge in [0.15, 0.2) is 13.9 Å². The van der Waals surface area contributed by atoms with Crippen LogP contribution in [0.15, 0.2) is 11.1 Å². The molecule has 2 rings (SSSR count). The van der Waals surface area contributed by atoms with Crippen molar-refractivity contribution in [1.82, 2.24) is 0 Å². The summed E-state index contributed by atoms with van der Waals surface area (Å²) in [6.07, 6.45) is 0.292. The van der Waals surface area contributed by atoms with Gasteiger partial charge < -0.3 is 13.6 Å². The minimum absolute atomic E-state index is 0.0490. The first-order valence-electron chi connectivity index (χ1n) is 11.4. The van der Waals surface area contributed by atoms with Gasteiger partial charge in [-0.25, -0.2) is 9.59 Å². The number of carbonyl (C=O) groups is 2. The molecule has 0 amide bonds. The molecule has 0 saturated heterocycles. The lowest BCUT2D eigenvalue weighted by atomic mass is 9.88. The first kappa shape index (κ1) is 26.0. The molecule has 174 valence electrons. The Bertz CT molecular complexity index is 784. The fourth-order valence-corrected chi connectivity index (χ4v) is 12.6. The van der Waals surface area contributed by atoms with E-state index in [0.717, 1.165) is 0 Å². The summed E-state index contributed by atoms with van der Waals surface area (Å²) in [5, 5.41) is 10.4. The van der Waals surface area contributed by atoms with E-state index in [0.29, 0.717) is 23.0 Å². The standard InChI is InChI=1S/C23H39NO5Si2/c1-14(2)31(15(3)4,16(5)6)28-19-12-23(13-24,29-30(8,9)10)20-18(11-17(19)7)21(25)27-22(20)26/h14-17,19H,11-12H2,1-10H3/t17-,19+,23?/m1/s1. The summed E-state index contributed by atoms with van der Waals surface area (Å²) in [4.78, 5) is 25.2. The molecule has 0 aromatic carbocycles. The highest BCUT2D eigenvalue weighted by Crippen LogP contribution is 2.48. The van der Waals surface area contributed by atoms with Crippen LogP contribution in [0.5, 0.6) is 0 Å². The van der Waals surface area contributed by atoms with Gasteiger partial charge in [-0.3, -0.25) is 0 Å². The van der Waals surface area contributed by atoms with Gasteiger partial charge in [0.25, 0.3) is 0 Å². The number of nitriles is 1. The number of hydrogen-bond acceptors (Lipinski definition) is 6. The van der Waals surface area contributed by atoms with Crippen LogP contribution in [-0.2, 0) is 23.2 Å². The fraction of sp³-hybridized carbons (Fsp3) is 0.783. The Morgan fingerprint density at radius 3 is 1.97 bits per heavy atom. The Morgan fingerprint density at radius 1 is 1.03 bits per heavy atom. The highest BCUT2D eigenvalue weighted by Gasteiger charge is 2.56. The summed E-state index contributed by atoms with van der Waals surface area (Å²) in [5.41, 5.74) is 0.000604. The predicted molar refractivity (Wildman–Crippen MR) is 125 cm³/mol. The van der Waals surface area contributed by atoms with Crippen LogP contribution >= 0.6 is 0 Å². The molecule has 0 spiro atoms. The van der Waals surface area contributed by atoms with Gasteiger partial charge in [-0.15, -0.1) is 0 Å². The van der Waals surface area contributed by atoms with Crippen LogP contribution < -0.4 is 0 Å². The molecule has 3 atom stereocenters. The third-order valence-electron chi connectivity index (χ3n) is 6.71. The molecular weight excluding hydrogens is 426 g/mol. The molecule has 2 aliphatic rings. The number of hydrogen-bond donors (Lipinski definition) is 0. The Hall–Kier alpha value is -1.28. The van der Waals surface area contributed by atoms with E-state index in [2.05, 4.69) is 47.6 Å². The second-order valence-electron chi connectivity index (χ2n) is 11.0. The van der Waals surface area contributed by atoms with Crippen LogP contribution in [0.3, 0.4) is 0 Å². The van der Waals surface area contributed by atoms with Crippen LogP contribution in [0.2, 0.25) is 36.3 Å². The highest BCUT2D eigenvalue weighted by molar-refractivity contribution is 6.77. The monoisotopic (exact) mass is 465 g/mol. The van der Waals surface area contributed by atoms with Crippen molar-refractivity contribution in [3.05, 3.63) is 11.1 Å². The van der Waals surface area contributed by atoms with Crippen molar-refractivity contribution in [1.29, 1.82) is 5.26 Å². The minimum atomic E-state index is -2.27. The number of rotatable bonds is 7. The minimum Gasteiger partial charge on any atom is -0.413 e. The van der Waals surface area contributed by atoms with Gasteiger partial charge in [0.1, 0.15) is 6.07 Å². The molecule has 31 heavy (non-hydrogen) atoms. The summed E-state index contributed by atoms with van der Waals surface area (Å²) in [7, 11) is -4.52. The van der Waals surface area contributed by atoms with Crippen LogP contribution in [0.4, 0.5) is 0 Å². The molecule has 6 nitrogen and oxygen atoms in total. The van der Waals surface area contributed by atoms with Crippen molar-refractivity contribution in [3.63, 3.8) is 0 Å². The normalized spacial score (nSPS) is 27.6. The molecular formula is C23H39NO5Si2. The second kappa shape index (κ2) is 8.93. The zero-order chi connectivity index (χ0) is 23.9. The van der Waals surface area contributed by atoms with E-state index in [4.69, 9.17) is 13.6 Å². The van der Waals surface area contributed by atoms with Crippen molar-refractivity contribution >= 4 is 28.6 Å². The van der Waals surface area contributed by atoms with Crippen molar-refractivity contribution in [2.45, 2.75) is 109 Å². The molecule has 1 heterocycles. The number of nitrogens with zero attached hydrogens (tertiary/aromatic N) is 1. The van der Waals surface area contributed by atoms with Gasteiger partial charge in [0, 0.05) is 6.42 Å². The van der Waals surface area contributed by atoms with Gasteiger partial charge in [-0.2, -0.15) is 5.26 Å². The maximum absolute atomic E-state index is 12.7. The van der Waals surface area contributed by atoms with Gasteiger partial charge >= 0.3 is 11.9 Å². The van der Waals surface area contributed by atoms with E-state index in [1.807, 2.05) is 26.6 Å². The number of esters is 2. The van der Waals surface area contributed by atoms with Crippen molar-refractivity contribution in [3.8, 4) is 6.07 Å². The summed E-state index contributed by atoms with van der Waals surface area (Å²) in [5.74, 6) is -1.44. The van der Waals surface area contributed by atoms with Gasteiger partial charge in [-0.05, 0) is 48.6 Å². The lowest BCUT2D eigenvalue weighted by Gasteiger charge is -2.47. The Balaban J connectivity index is 2.63. The van der Waals surface area contributed by atoms with Crippen LogP contribution in [0.1, 0.15) is 61.3 Å². The maximum Gasteiger partial charge on any atom is 0.346 e. The molecule has 0 radical (unpaired) electrons. The Morgan fingerprint density at radius 2 is 1.55 bits per heavy atom. The van der Waals surface area contributed by atoms with E-state index in [-0.39, 0.29) is 29.6 Å². The lowest BCUT2D eigenvalue weighted by molar-refractivity contribution is -0.152. The third kappa shape index (κ3) is 4.75. The first-order valence-corrected chi connectivity index (χ1v) is 17.0. The molecule has 0 fully saturated rings. The van der Waals surface area contributed by atoms with Crippen LogP contribution in [-0.4, -0.2) is 40.3 Å². The van der Waals surface area contributed by atoms with Crippen molar-refractivity contribution in [2.24, 2.45) is 5.92 Å². The summed E-state index contributed by atoms with van der Waals surface area (Å²) < 4.78 is 18.4.